The fourth-order valence-corrected chi connectivity index (χ4v) is 2.50. The van der Waals surface area contributed by atoms with Crippen molar-refractivity contribution in [3.63, 3.8) is 0 Å². The third-order valence-electron chi connectivity index (χ3n) is 2.48. The quantitative estimate of drug-likeness (QED) is 0.614. The lowest BCUT2D eigenvalue weighted by molar-refractivity contribution is 0.480. The number of rotatable bonds is 2. The molecule has 0 amide bonds. The number of nitriles is 2. The van der Waals surface area contributed by atoms with E-state index in [1.807, 2.05) is 34.7 Å². The van der Waals surface area contributed by atoms with Crippen molar-refractivity contribution < 1.29 is 4.74 Å². The van der Waals surface area contributed by atoms with Crippen LogP contribution < -0.4 is 10.5 Å². The van der Waals surface area contributed by atoms with Crippen LogP contribution in [0, 0.1) is 26.2 Å². The fourth-order valence-electron chi connectivity index (χ4n) is 1.58. The Balaban J connectivity index is 2.46. The predicted molar refractivity (Wildman–Crippen MR) is 84.5 cm³/mol. The van der Waals surface area contributed by atoms with Crippen molar-refractivity contribution in [2.24, 2.45) is 0 Å². The summed E-state index contributed by atoms with van der Waals surface area (Å²) >= 11 is 7.86. The van der Waals surface area contributed by atoms with E-state index in [-0.39, 0.29) is 0 Å². The van der Waals surface area contributed by atoms with Crippen molar-refractivity contribution in [3.05, 3.63) is 50.1 Å². The van der Waals surface area contributed by atoms with Crippen LogP contribution in [0.15, 0.2) is 30.3 Å². The molecule has 0 radical (unpaired) electrons. The van der Waals surface area contributed by atoms with E-state index in [0.717, 1.165) is 0 Å². The summed E-state index contributed by atoms with van der Waals surface area (Å²) in [6.07, 6.45) is 0. The van der Waals surface area contributed by atoms with Crippen LogP contribution in [-0.2, 0) is 0 Å². The summed E-state index contributed by atoms with van der Waals surface area (Å²) in [5, 5.41) is 18.4. The maximum Gasteiger partial charge on any atom is 0.163 e. The molecule has 6 heteroatoms. The van der Waals surface area contributed by atoms with Gasteiger partial charge in [0, 0.05) is 5.02 Å². The highest BCUT2D eigenvalue weighted by Crippen LogP contribution is 2.35. The summed E-state index contributed by atoms with van der Waals surface area (Å²) in [6, 6.07) is 12.0. The maximum absolute atomic E-state index is 9.08. The summed E-state index contributed by atoms with van der Waals surface area (Å²) in [5.74, 6) is 0.787. The molecule has 2 aromatic rings. The zero-order valence-electron chi connectivity index (χ0n) is 10.0. The molecular weight excluding hydrogens is 389 g/mol. The average molecular weight is 396 g/mol. The Morgan fingerprint density at radius 3 is 2.50 bits per heavy atom. The summed E-state index contributed by atoms with van der Waals surface area (Å²) in [7, 11) is 0. The Hall–Kier alpha value is -1.96. The SMILES string of the molecule is N#Cc1cc(N)c(Oc2ccc(Cl)cc2C#N)c(I)c1. The first-order valence-corrected chi connectivity index (χ1v) is 6.87. The van der Waals surface area contributed by atoms with Crippen LogP contribution in [0.4, 0.5) is 5.69 Å². The van der Waals surface area contributed by atoms with Crippen LogP contribution in [0.2, 0.25) is 5.02 Å². The summed E-state index contributed by atoms with van der Waals surface area (Å²) in [5.41, 5.74) is 6.99. The Morgan fingerprint density at radius 1 is 1.15 bits per heavy atom. The molecule has 0 spiro atoms. The molecule has 0 aliphatic rings. The summed E-state index contributed by atoms with van der Waals surface area (Å²) < 4.78 is 6.39. The van der Waals surface area contributed by atoms with Gasteiger partial charge in [0.1, 0.15) is 11.8 Å². The van der Waals surface area contributed by atoms with Crippen LogP contribution in [0.1, 0.15) is 11.1 Å². The number of hydrogen-bond acceptors (Lipinski definition) is 4. The second-order valence-electron chi connectivity index (χ2n) is 3.84. The Bertz CT molecular complexity index is 739. The number of hydrogen-bond donors (Lipinski definition) is 1. The van der Waals surface area contributed by atoms with Gasteiger partial charge in [0.25, 0.3) is 0 Å². The van der Waals surface area contributed by atoms with Gasteiger partial charge in [0.15, 0.2) is 5.75 Å². The molecule has 98 valence electrons. The highest BCUT2D eigenvalue weighted by molar-refractivity contribution is 14.1. The van der Waals surface area contributed by atoms with Gasteiger partial charge in [-0.2, -0.15) is 10.5 Å². The largest absolute Gasteiger partial charge is 0.453 e. The van der Waals surface area contributed by atoms with Crippen LogP contribution in [0.25, 0.3) is 0 Å². The molecule has 2 aromatic carbocycles. The highest BCUT2D eigenvalue weighted by atomic mass is 127. The van der Waals surface area contributed by atoms with Gasteiger partial charge in [-0.15, -0.1) is 0 Å². The molecule has 0 aromatic heterocycles. The molecule has 20 heavy (non-hydrogen) atoms. The van der Waals surface area contributed by atoms with Crippen molar-refractivity contribution in [2.45, 2.75) is 0 Å². The van der Waals surface area contributed by atoms with Gasteiger partial charge in [0.05, 0.1) is 26.5 Å². The number of nitrogens with zero attached hydrogens (tertiary/aromatic N) is 2. The van der Waals surface area contributed by atoms with E-state index < -0.39 is 0 Å². The van der Waals surface area contributed by atoms with E-state index >= 15 is 0 Å². The Labute approximate surface area is 134 Å². The van der Waals surface area contributed by atoms with E-state index in [2.05, 4.69) is 0 Å². The molecule has 0 heterocycles. The summed E-state index contributed by atoms with van der Waals surface area (Å²) in [6.45, 7) is 0. The van der Waals surface area contributed by atoms with Gasteiger partial charge in [-0.05, 0) is 52.9 Å². The van der Waals surface area contributed by atoms with Crippen molar-refractivity contribution in [2.75, 3.05) is 5.73 Å². The number of nitrogen functional groups attached to an aromatic ring is 1. The third kappa shape index (κ3) is 2.96. The lowest BCUT2D eigenvalue weighted by Crippen LogP contribution is -1.97. The van der Waals surface area contributed by atoms with Crippen LogP contribution in [0.5, 0.6) is 11.5 Å². The normalized spacial score (nSPS) is 9.60. The molecule has 0 aliphatic carbocycles. The first-order valence-electron chi connectivity index (χ1n) is 5.41. The van der Waals surface area contributed by atoms with Crippen LogP contribution >= 0.6 is 34.2 Å². The topological polar surface area (TPSA) is 82.8 Å². The summed E-state index contributed by atoms with van der Waals surface area (Å²) in [4.78, 5) is 0. The van der Waals surface area contributed by atoms with Gasteiger partial charge < -0.3 is 10.5 Å². The zero-order chi connectivity index (χ0) is 14.7. The first-order chi connectivity index (χ1) is 9.55. The smallest absolute Gasteiger partial charge is 0.163 e. The monoisotopic (exact) mass is 395 g/mol. The van der Waals surface area contributed by atoms with Crippen molar-refractivity contribution >= 4 is 39.9 Å². The van der Waals surface area contributed by atoms with E-state index in [1.165, 1.54) is 12.1 Å². The van der Waals surface area contributed by atoms with Crippen molar-refractivity contribution in [1.29, 1.82) is 10.5 Å². The fraction of sp³-hybridized carbons (Fsp3) is 0. The lowest BCUT2D eigenvalue weighted by atomic mass is 10.2. The Kier molecular flexibility index (Phi) is 4.33. The lowest BCUT2D eigenvalue weighted by Gasteiger charge is -2.12. The Morgan fingerprint density at radius 2 is 1.90 bits per heavy atom. The molecule has 0 saturated carbocycles. The molecular formula is C14H7ClIN3O. The minimum absolute atomic E-state index is 0.317. The standard InChI is InChI=1S/C14H7ClIN3O/c15-10-1-2-13(9(5-10)7-18)20-14-11(16)3-8(6-17)4-12(14)19/h1-5H,19H2. The predicted octanol–water partition coefficient (Wildman–Crippen LogP) is 4.06. The number of halogens is 2. The molecule has 0 unspecified atom stereocenters. The average Bonchev–Trinajstić information content (AvgIpc) is 2.43. The number of ether oxygens (including phenoxy) is 1. The molecule has 0 atom stereocenters. The second kappa shape index (κ2) is 6.00. The van der Waals surface area contributed by atoms with Crippen molar-refractivity contribution in [1.82, 2.24) is 0 Å². The van der Waals surface area contributed by atoms with Gasteiger partial charge in [-0.3, -0.25) is 0 Å². The van der Waals surface area contributed by atoms with Crippen LogP contribution in [-0.4, -0.2) is 0 Å². The van der Waals surface area contributed by atoms with Gasteiger partial charge >= 0.3 is 0 Å². The minimum Gasteiger partial charge on any atom is -0.453 e. The maximum atomic E-state index is 9.08. The zero-order valence-corrected chi connectivity index (χ0v) is 12.9. The molecule has 0 saturated heterocycles. The molecule has 0 fully saturated rings. The first kappa shape index (κ1) is 14.4. The second-order valence-corrected chi connectivity index (χ2v) is 5.44. The van der Waals surface area contributed by atoms with Crippen LogP contribution in [0.3, 0.4) is 0 Å². The van der Waals surface area contributed by atoms with Crippen molar-refractivity contribution in [3.8, 4) is 23.6 Å². The minimum atomic E-state index is 0.317. The molecule has 4 nitrogen and oxygen atoms in total. The molecule has 2 rings (SSSR count). The van der Waals surface area contributed by atoms with E-state index in [0.29, 0.717) is 36.9 Å². The van der Waals surface area contributed by atoms with Gasteiger partial charge in [0.2, 0.25) is 0 Å². The van der Waals surface area contributed by atoms with E-state index in [9.17, 15) is 0 Å². The molecule has 2 N–H and O–H groups in total. The molecule has 0 aliphatic heterocycles. The number of anilines is 1. The highest BCUT2D eigenvalue weighted by Gasteiger charge is 2.12. The van der Waals surface area contributed by atoms with E-state index in [4.69, 9.17) is 32.6 Å². The third-order valence-corrected chi connectivity index (χ3v) is 3.51. The van der Waals surface area contributed by atoms with Gasteiger partial charge in [-0.1, -0.05) is 11.6 Å². The van der Waals surface area contributed by atoms with Gasteiger partial charge in [-0.25, -0.2) is 0 Å². The molecule has 0 bridgehead atoms. The van der Waals surface area contributed by atoms with E-state index in [1.54, 1.807) is 18.2 Å². The number of nitrogens with two attached hydrogens (primary N) is 1. The number of benzene rings is 2.